The van der Waals surface area contributed by atoms with Crippen LogP contribution in [0.25, 0.3) is 0 Å². The van der Waals surface area contributed by atoms with Crippen LogP contribution in [0, 0.1) is 11.6 Å². The molecule has 108 valence electrons. The Morgan fingerprint density at radius 1 is 1.05 bits per heavy atom. The molecule has 1 fully saturated rings. The highest BCUT2D eigenvalue weighted by Crippen LogP contribution is 2.51. The molecule has 2 aromatic carbocycles. The zero-order valence-electron chi connectivity index (χ0n) is 11.0. The summed E-state index contributed by atoms with van der Waals surface area (Å²) >= 11 is 6.13. The summed E-state index contributed by atoms with van der Waals surface area (Å²) in [5.74, 6) is -2.02. The van der Waals surface area contributed by atoms with Crippen molar-refractivity contribution in [2.75, 3.05) is 5.32 Å². The van der Waals surface area contributed by atoms with Gasteiger partial charge in [0.15, 0.2) is 0 Å². The molecule has 0 heterocycles. The first-order valence-corrected chi connectivity index (χ1v) is 6.93. The SMILES string of the molecule is O=C(Nc1c(F)cccc1F)C1(c2ccccc2Cl)CC1. The maximum absolute atomic E-state index is 13.6. The van der Waals surface area contributed by atoms with E-state index in [9.17, 15) is 13.6 Å². The number of amides is 1. The molecule has 3 rings (SSSR count). The first-order chi connectivity index (χ1) is 10.0. The normalized spacial score (nSPS) is 15.6. The number of hydrogen-bond donors (Lipinski definition) is 1. The Kier molecular flexibility index (Phi) is 3.41. The number of benzene rings is 2. The van der Waals surface area contributed by atoms with Gasteiger partial charge in [-0.3, -0.25) is 4.79 Å². The van der Waals surface area contributed by atoms with E-state index in [0.29, 0.717) is 23.4 Å². The van der Waals surface area contributed by atoms with Crippen molar-refractivity contribution < 1.29 is 13.6 Å². The van der Waals surface area contributed by atoms with Crippen molar-refractivity contribution in [3.8, 4) is 0 Å². The number of rotatable bonds is 3. The van der Waals surface area contributed by atoms with Gasteiger partial charge in [0, 0.05) is 5.02 Å². The lowest BCUT2D eigenvalue weighted by atomic mass is 9.94. The van der Waals surface area contributed by atoms with Gasteiger partial charge < -0.3 is 5.32 Å². The Hall–Kier alpha value is -1.94. The van der Waals surface area contributed by atoms with E-state index >= 15 is 0 Å². The first kappa shape index (κ1) is 14.0. The van der Waals surface area contributed by atoms with Gasteiger partial charge in [0.2, 0.25) is 5.91 Å². The molecule has 1 N–H and O–H groups in total. The van der Waals surface area contributed by atoms with Crippen LogP contribution < -0.4 is 5.32 Å². The smallest absolute Gasteiger partial charge is 0.235 e. The van der Waals surface area contributed by atoms with E-state index in [1.807, 2.05) is 0 Å². The first-order valence-electron chi connectivity index (χ1n) is 6.55. The fourth-order valence-corrected chi connectivity index (χ4v) is 2.76. The number of carbonyl (C=O) groups excluding carboxylic acids is 1. The summed E-state index contributed by atoms with van der Waals surface area (Å²) in [6.45, 7) is 0. The molecule has 0 bridgehead atoms. The summed E-state index contributed by atoms with van der Waals surface area (Å²) in [7, 11) is 0. The molecule has 2 nitrogen and oxygen atoms in total. The number of hydrogen-bond acceptors (Lipinski definition) is 1. The van der Waals surface area contributed by atoms with Crippen LogP contribution in [0.15, 0.2) is 42.5 Å². The molecule has 1 saturated carbocycles. The van der Waals surface area contributed by atoms with Crippen molar-refractivity contribution in [3.05, 3.63) is 64.7 Å². The monoisotopic (exact) mass is 307 g/mol. The van der Waals surface area contributed by atoms with Gasteiger partial charge in [0.1, 0.15) is 17.3 Å². The Labute approximate surface area is 125 Å². The van der Waals surface area contributed by atoms with Crippen molar-refractivity contribution in [3.63, 3.8) is 0 Å². The van der Waals surface area contributed by atoms with Crippen LogP contribution in [0.4, 0.5) is 14.5 Å². The summed E-state index contributed by atoms with van der Waals surface area (Å²) in [5.41, 5.74) is -0.505. The molecule has 5 heteroatoms. The second-order valence-corrected chi connectivity index (χ2v) is 5.52. The third kappa shape index (κ3) is 2.40. The second kappa shape index (κ2) is 5.11. The minimum Gasteiger partial charge on any atom is -0.320 e. The average molecular weight is 308 g/mol. The molecule has 0 aliphatic heterocycles. The van der Waals surface area contributed by atoms with Crippen LogP contribution in [-0.4, -0.2) is 5.91 Å². The maximum Gasteiger partial charge on any atom is 0.235 e. The van der Waals surface area contributed by atoms with E-state index in [2.05, 4.69) is 5.32 Å². The highest BCUT2D eigenvalue weighted by Gasteiger charge is 2.52. The van der Waals surface area contributed by atoms with Gasteiger partial charge in [0.25, 0.3) is 0 Å². The molecule has 0 saturated heterocycles. The standard InChI is InChI=1S/C16H12ClF2NO/c17-11-5-2-1-4-10(11)16(8-9-16)15(21)20-14-12(18)6-3-7-13(14)19/h1-7H,8-9H2,(H,20,21). The van der Waals surface area contributed by atoms with E-state index in [4.69, 9.17) is 11.6 Å². The lowest BCUT2D eigenvalue weighted by Gasteiger charge is -2.17. The van der Waals surface area contributed by atoms with Crippen LogP contribution >= 0.6 is 11.6 Å². The fraction of sp³-hybridized carbons (Fsp3) is 0.188. The van der Waals surface area contributed by atoms with E-state index < -0.39 is 28.6 Å². The summed E-state index contributed by atoms with van der Waals surface area (Å²) in [6.07, 6.45) is 1.22. The molecular formula is C16H12ClF2NO. The molecule has 21 heavy (non-hydrogen) atoms. The quantitative estimate of drug-likeness (QED) is 0.900. The Balaban J connectivity index is 1.91. The summed E-state index contributed by atoms with van der Waals surface area (Å²) in [5, 5.41) is 2.84. The van der Waals surface area contributed by atoms with Crippen molar-refractivity contribution in [2.45, 2.75) is 18.3 Å². The largest absolute Gasteiger partial charge is 0.320 e. The Morgan fingerprint density at radius 2 is 1.67 bits per heavy atom. The third-order valence-electron chi connectivity index (χ3n) is 3.78. The molecule has 1 aliphatic carbocycles. The third-order valence-corrected chi connectivity index (χ3v) is 4.10. The minimum absolute atomic E-state index is 0.416. The molecule has 2 aromatic rings. The van der Waals surface area contributed by atoms with Crippen LogP contribution in [-0.2, 0) is 10.2 Å². The lowest BCUT2D eigenvalue weighted by molar-refractivity contribution is -0.118. The van der Waals surface area contributed by atoms with Crippen molar-refractivity contribution in [1.29, 1.82) is 0 Å². The van der Waals surface area contributed by atoms with Gasteiger partial charge >= 0.3 is 0 Å². The predicted octanol–water partition coefficient (Wildman–Crippen LogP) is 4.29. The second-order valence-electron chi connectivity index (χ2n) is 5.11. The minimum atomic E-state index is -0.793. The van der Waals surface area contributed by atoms with Gasteiger partial charge in [0.05, 0.1) is 5.41 Å². The van der Waals surface area contributed by atoms with Gasteiger partial charge in [-0.05, 0) is 36.6 Å². The maximum atomic E-state index is 13.6. The zero-order valence-corrected chi connectivity index (χ0v) is 11.8. The number of anilines is 1. The number of para-hydroxylation sites is 1. The average Bonchev–Trinajstić information content (AvgIpc) is 3.25. The summed E-state index contributed by atoms with van der Waals surface area (Å²) in [4.78, 5) is 12.5. The van der Waals surface area contributed by atoms with Gasteiger partial charge in [-0.25, -0.2) is 8.78 Å². The highest BCUT2D eigenvalue weighted by atomic mass is 35.5. The Bertz CT molecular complexity index is 693. The van der Waals surface area contributed by atoms with Gasteiger partial charge in [-0.15, -0.1) is 0 Å². The lowest BCUT2D eigenvalue weighted by Crippen LogP contribution is -2.29. The number of nitrogens with one attached hydrogen (secondary N) is 1. The molecule has 0 spiro atoms. The van der Waals surface area contributed by atoms with Crippen LogP contribution in [0.5, 0.6) is 0 Å². The summed E-state index contributed by atoms with van der Waals surface area (Å²) < 4.78 is 27.2. The van der Waals surface area contributed by atoms with E-state index in [1.54, 1.807) is 24.3 Å². The van der Waals surface area contributed by atoms with E-state index in [0.717, 1.165) is 12.1 Å². The van der Waals surface area contributed by atoms with Gasteiger partial charge in [-0.2, -0.15) is 0 Å². The van der Waals surface area contributed by atoms with Crippen LogP contribution in [0.2, 0.25) is 5.02 Å². The Morgan fingerprint density at radius 3 is 2.24 bits per heavy atom. The van der Waals surface area contributed by atoms with E-state index in [-0.39, 0.29) is 0 Å². The van der Waals surface area contributed by atoms with Crippen LogP contribution in [0.1, 0.15) is 18.4 Å². The highest BCUT2D eigenvalue weighted by molar-refractivity contribution is 6.32. The van der Waals surface area contributed by atoms with E-state index in [1.165, 1.54) is 6.07 Å². The molecule has 0 atom stereocenters. The van der Waals surface area contributed by atoms with Crippen molar-refractivity contribution in [1.82, 2.24) is 0 Å². The van der Waals surface area contributed by atoms with Crippen molar-refractivity contribution in [2.24, 2.45) is 0 Å². The molecule has 1 amide bonds. The summed E-state index contributed by atoms with van der Waals surface area (Å²) in [6, 6.07) is 10.5. The molecular weight excluding hydrogens is 296 g/mol. The molecule has 0 unspecified atom stereocenters. The zero-order chi connectivity index (χ0) is 15.0. The molecule has 1 aliphatic rings. The number of halogens is 3. The predicted molar refractivity (Wildman–Crippen MR) is 77.4 cm³/mol. The van der Waals surface area contributed by atoms with Gasteiger partial charge in [-0.1, -0.05) is 35.9 Å². The van der Waals surface area contributed by atoms with Crippen molar-refractivity contribution >= 4 is 23.2 Å². The fourth-order valence-electron chi connectivity index (χ4n) is 2.44. The topological polar surface area (TPSA) is 29.1 Å². The number of carbonyl (C=O) groups is 1. The molecule has 0 radical (unpaired) electrons. The molecule has 0 aromatic heterocycles. The van der Waals surface area contributed by atoms with Crippen LogP contribution in [0.3, 0.4) is 0 Å².